The molecule has 8 unspecified atom stereocenters. The molecule has 0 amide bonds. The van der Waals surface area contributed by atoms with Gasteiger partial charge in [0, 0.05) is 12.0 Å². The van der Waals surface area contributed by atoms with Crippen molar-refractivity contribution in [1.82, 2.24) is 0 Å². The van der Waals surface area contributed by atoms with E-state index in [2.05, 4.69) is 20.8 Å². The van der Waals surface area contributed by atoms with Crippen molar-refractivity contribution in [3.63, 3.8) is 0 Å². The van der Waals surface area contributed by atoms with Gasteiger partial charge in [-0.05, 0) is 91.8 Å². The van der Waals surface area contributed by atoms with Crippen LogP contribution in [0, 0.1) is 40.4 Å². The molecule has 0 bridgehead atoms. The lowest BCUT2D eigenvalue weighted by molar-refractivity contribution is -0.213. The van der Waals surface area contributed by atoms with E-state index in [0.29, 0.717) is 37.5 Å². The van der Waals surface area contributed by atoms with Crippen LogP contribution in [0.2, 0.25) is 0 Å². The standard InChI is InChI=1S/C25H43NO5/c1-14(5-8-21(30)31-4)16-6-7-17-22-18(11-20(29)24(16,17)3)23(2)10-9-15(27)12-25(23,26)13-19(22)28/h14-20,22,27-29H,5-13,26H2,1-4H3/t14-,15?,16?,17-,18-,19?,20?,22?,23?,24?,25?/m1/s1. The second-order valence-electron chi connectivity index (χ2n) is 11.9. The fourth-order valence-electron chi connectivity index (χ4n) is 8.91. The average molecular weight is 438 g/mol. The largest absolute Gasteiger partial charge is 0.469 e. The van der Waals surface area contributed by atoms with Crippen LogP contribution >= 0.6 is 0 Å². The molecule has 11 atom stereocenters. The van der Waals surface area contributed by atoms with Crippen LogP contribution in [-0.2, 0) is 9.53 Å². The first-order valence-corrected chi connectivity index (χ1v) is 12.4. The minimum atomic E-state index is -0.579. The highest BCUT2D eigenvalue weighted by Gasteiger charge is 2.68. The lowest BCUT2D eigenvalue weighted by Crippen LogP contribution is -2.71. The maximum atomic E-state index is 11.7. The first kappa shape index (κ1) is 23.5. The number of nitrogens with two attached hydrogens (primary N) is 1. The van der Waals surface area contributed by atoms with Crippen LogP contribution in [-0.4, -0.2) is 52.2 Å². The molecular formula is C25H43NO5. The number of carbonyl (C=O) groups is 1. The number of methoxy groups -OCH3 is 1. The summed E-state index contributed by atoms with van der Waals surface area (Å²) in [6, 6.07) is 0. The summed E-state index contributed by atoms with van der Waals surface area (Å²) < 4.78 is 4.83. The molecule has 0 aromatic carbocycles. The molecule has 6 nitrogen and oxygen atoms in total. The third-order valence-electron chi connectivity index (χ3n) is 10.8. The minimum Gasteiger partial charge on any atom is -0.469 e. The van der Waals surface area contributed by atoms with Gasteiger partial charge in [-0.3, -0.25) is 4.79 Å². The molecule has 31 heavy (non-hydrogen) atoms. The maximum absolute atomic E-state index is 11.7. The van der Waals surface area contributed by atoms with Gasteiger partial charge >= 0.3 is 5.97 Å². The van der Waals surface area contributed by atoms with E-state index in [1.807, 2.05) is 0 Å². The van der Waals surface area contributed by atoms with E-state index in [4.69, 9.17) is 10.5 Å². The SMILES string of the molecule is COC(=O)CC[C@@H](C)C1CC[C@@H]2C3C(O)CC4(N)CC(O)CCC4(C)[C@@H]3CC(O)C12C. The Morgan fingerprint density at radius 1 is 1.13 bits per heavy atom. The van der Waals surface area contributed by atoms with Crippen LogP contribution in [0.25, 0.3) is 0 Å². The van der Waals surface area contributed by atoms with Crippen molar-refractivity contribution in [3.05, 3.63) is 0 Å². The van der Waals surface area contributed by atoms with Crippen LogP contribution in [0.3, 0.4) is 0 Å². The van der Waals surface area contributed by atoms with Gasteiger partial charge in [0.2, 0.25) is 0 Å². The van der Waals surface area contributed by atoms with Crippen LogP contribution in [0.4, 0.5) is 0 Å². The Morgan fingerprint density at radius 3 is 2.52 bits per heavy atom. The van der Waals surface area contributed by atoms with Crippen molar-refractivity contribution in [1.29, 1.82) is 0 Å². The quantitative estimate of drug-likeness (QED) is 0.503. The lowest BCUT2D eigenvalue weighted by atomic mass is 9.41. The maximum Gasteiger partial charge on any atom is 0.305 e. The van der Waals surface area contributed by atoms with Crippen LogP contribution in [0.1, 0.15) is 78.6 Å². The Bertz CT molecular complexity index is 701. The number of ether oxygens (including phenoxy) is 1. The highest BCUT2D eigenvalue weighted by atomic mass is 16.5. The van der Waals surface area contributed by atoms with Gasteiger partial charge in [-0.2, -0.15) is 0 Å². The molecule has 4 aliphatic carbocycles. The van der Waals surface area contributed by atoms with Crippen LogP contribution in [0.5, 0.6) is 0 Å². The zero-order valence-corrected chi connectivity index (χ0v) is 19.7. The Kier molecular flexibility index (Phi) is 6.03. The van der Waals surface area contributed by atoms with Gasteiger partial charge in [0.05, 0.1) is 25.4 Å². The number of aliphatic hydroxyl groups is 3. The molecule has 0 heterocycles. The van der Waals surface area contributed by atoms with Crippen molar-refractivity contribution in [2.24, 2.45) is 46.2 Å². The molecule has 0 aliphatic heterocycles. The number of rotatable bonds is 4. The third kappa shape index (κ3) is 3.39. The summed E-state index contributed by atoms with van der Waals surface area (Å²) in [6.07, 6.45) is 5.23. The number of aliphatic hydroxyl groups excluding tert-OH is 3. The van der Waals surface area contributed by atoms with Gasteiger partial charge in [-0.1, -0.05) is 20.8 Å². The van der Waals surface area contributed by atoms with Gasteiger partial charge < -0.3 is 25.8 Å². The van der Waals surface area contributed by atoms with E-state index in [1.165, 1.54) is 7.11 Å². The summed E-state index contributed by atoms with van der Waals surface area (Å²) in [7, 11) is 1.43. The summed E-state index contributed by atoms with van der Waals surface area (Å²) in [5, 5.41) is 33.3. The van der Waals surface area contributed by atoms with E-state index in [9.17, 15) is 20.1 Å². The first-order chi connectivity index (χ1) is 14.5. The first-order valence-electron chi connectivity index (χ1n) is 12.4. The highest BCUT2D eigenvalue weighted by Crippen LogP contribution is 2.68. The fourth-order valence-corrected chi connectivity index (χ4v) is 8.91. The second-order valence-corrected chi connectivity index (χ2v) is 11.9. The van der Waals surface area contributed by atoms with E-state index in [0.717, 1.165) is 32.1 Å². The van der Waals surface area contributed by atoms with E-state index >= 15 is 0 Å². The average Bonchev–Trinajstić information content (AvgIpc) is 3.06. The molecule has 4 fully saturated rings. The number of fused-ring (bicyclic) bond motifs is 5. The predicted molar refractivity (Wildman–Crippen MR) is 118 cm³/mol. The number of esters is 1. The number of hydrogen-bond acceptors (Lipinski definition) is 6. The van der Waals surface area contributed by atoms with E-state index in [-0.39, 0.29) is 34.6 Å². The monoisotopic (exact) mass is 437 g/mol. The van der Waals surface area contributed by atoms with Gasteiger partial charge in [0.25, 0.3) is 0 Å². The van der Waals surface area contributed by atoms with Gasteiger partial charge in [0.15, 0.2) is 0 Å². The Morgan fingerprint density at radius 2 is 1.84 bits per heavy atom. The lowest BCUT2D eigenvalue weighted by Gasteiger charge is -2.66. The minimum absolute atomic E-state index is 0.142. The Labute approximate surface area is 186 Å². The van der Waals surface area contributed by atoms with Crippen LogP contribution < -0.4 is 5.73 Å². The Hall–Kier alpha value is -0.690. The fraction of sp³-hybridized carbons (Fsp3) is 0.960. The summed E-state index contributed by atoms with van der Waals surface area (Å²) in [4.78, 5) is 11.7. The molecule has 4 rings (SSSR count). The topological polar surface area (TPSA) is 113 Å². The highest BCUT2D eigenvalue weighted by molar-refractivity contribution is 5.69. The predicted octanol–water partition coefficient (Wildman–Crippen LogP) is 2.62. The molecule has 4 saturated carbocycles. The Balaban J connectivity index is 1.61. The van der Waals surface area contributed by atoms with Crippen molar-refractivity contribution >= 4 is 5.97 Å². The smallest absolute Gasteiger partial charge is 0.305 e. The van der Waals surface area contributed by atoms with Crippen molar-refractivity contribution in [2.75, 3.05) is 7.11 Å². The molecule has 4 aliphatic rings. The molecule has 6 heteroatoms. The second kappa shape index (κ2) is 7.96. The molecule has 0 aromatic heterocycles. The van der Waals surface area contributed by atoms with Crippen molar-refractivity contribution in [2.45, 2.75) is 102 Å². The molecule has 0 spiro atoms. The molecule has 0 radical (unpaired) electrons. The number of carbonyl (C=O) groups excluding carboxylic acids is 1. The molecule has 0 aromatic rings. The summed E-state index contributed by atoms with van der Waals surface area (Å²) in [5.41, 5.74) is 5.91. The number of hydrogen-bond donors (Lipinski definition) is 4. The molecule has 0 saturated heterocycles. The van der Waals surface area contributed by atoms with Gasteiger partial charge in [0.1, 0.15) is 0 Å². The van der Waals surface area contributed by atoms with Crippen molar-refractivity contribution < 1.29 is 24.9 Å². The summed E-state index contributed by atoms with van der Waals surface area (Å²) in [5.74, 6) is 1.04. The van der Waals surface area contributed by atoms with E-state index < -0.39 is 23.9 Å². The van der Waals surface area contributed by atoms with Crippen molar-refractivity contribution in [3.8, 4) is 0 Å². The van der Waals surface area contributed by atoms with Gasteiger partial charge in [-0.25, -0.2) is 0 Å². The normalized spacial score (nSPS) is 52.6. The molecular weight excluding hydrogens is 394 g/mol. The zero-order chi connectivity index (χ0) is 22.8. The summed E-state index contributed by atoms with van der Waals surface area (Å²) in [6.45, 7) is 6.68. The van der Waals surface area contributed by atoms with E-state index in [1.54, 1.807) is 0 Å². The zero-order valence-electron chi connectivity index (χ0n) is 19.7. The summed E-state index contributed by atoms with van der Waals surface area (Å²) >= 11 is 0. The van der Waals surface area contributed by atoms with Crippen LogP contribution in [0.15, 0.2) is 0 Å². The third-order valence-corrected chi connectivity index (χ3v) is 10.8. The van der Waals surface area contributed by atoms with Gasteiger partial charge in [-0.15, -0.1) is 0 Å². The molecule has 5 N–H and O–H groups in total. The molecule has 178 valence electrons.